The van der Waals surface area contributed by atoms with Gasteiger partial charge >= 0.3 is 0 Å². The fourth-order valence-corrected chi connectivity index (χ4v) is 2.44. The lowest BCUT2D eigenvalue weighted by Crippen LogP contribution is -2.17. The third-order valence-corrected chi connectivity index (χ3v) is 3.30. The smallest absolute Gasteiger partial charge is 0.170 e. The van der Waals surface area contributed by atoms with Gasteiger partial charge in [0.2, 0.25) is 0 Å². The number of fused-ring (bicyclic) bond motifs is 1. The second kappa shape index (κ2) is 4.56. The van der Waals surface area contributed by atoms with Crippen molar-refractivity contribution in [2.75, 3.05) is 6.61 Å². The van der Waals surface area contributed by atoms with Crippen LogP contribution in [0.2, 0.25) is 5.15 Å². The number of imidazole rings is 1. The van der Waals surface area contributed by atoms with Gasteiger partial charge in [-0.15, -0.1) is 0 Å². The zero-order valence-corrected chi connectivity index (χ0v) is 10.4. The van der Waals surface area contributed by atoms with Crippen molar-refractivity contribution in [3.05, 3.63) is 23.2 Å². The predicted molar refractivity (Wildman–Crippen MR) is 66.1 cm³/mol. The van der Waals surface area contributed by atoms with Crippen LogP contribution in [0.1, 0.15) is 31.2 Å². The molecule has 0 spiro atoms. The van der Waals surface area contributed by atoms with Crippen LogP contribution in [0.4, 0.5) is 0 Å². The molecule has 0 aromatic carbocycles. The molecule has 0 saturated carbocycles. The number of nitriles is 1. The van der Waals surface area contributed by atoms with E-state index in [4.69, 9.17) is 21.6 Å². The molecule has 2 aromatic rings. The van der Waals surface area contributed by atoms with E-state index in [1.807, 2.05) is 10.6 Å². The summed E-state index contributed by atoms with van der Waals surface area (Å²) in [4.78, 5) is 8.21. The Morgan fingerprint density at radius 2 is 2.39 bits per heavy atom. The summed E-state index contributed by atoms with van der Waals surface area (Å²) in [6.07, 6.45) is 4.85. The number of hydrogen-bond donors (Lipinski definition) is 0. The summed E-state index contributed by atoms with van der Waals surface area (Å²) < 4.78 is 7.65. The maximum absolute atomic E-state index is 9.03. The third kappa shape index (κ3) is 1.84. The Labute approximate surface area is 109 Å². The van der Waals surface area contributed by atoms with Gasteiger partial charge in [-0.05, 0) is 19.3 Å². The van der Waals surface area contributed by atoms with Crippen LogP contribution in [-0.2, 0) is 4.74 Å². The van der Waals surface area contributed by atoms with Crippen molar-refractivity contribution in [3.63, 3.8) is 0 Å². The molecular weight excluding hydrogens is 252 g/mol. The van der Waals surface area contributed by atoms with Gasteiger partial charge in [-0.3, -0.25) is 0 Å². The molecule has 3 rings (SSSR count). The average Bonchev–Trinajstić information content (AvgIpc) is 2.82. The first-order valence-corrected chi connectivity index (χ1v) is 6.22. The molecule has 0 bridgehead atoms. The summed E-state index contributed by atoms with van der Waals surface area (Å²) in [7, 11) is 0. The van der Waals surface area contributed by atoms with E-state index in [1.54, 1.807) is 12.4 Å². The molecule has 92 valence electrons. The van der Waals surface area contributed by atoms with Crippen molar-refractivity contribution in [2.45, 2.75) is 25.5 Å². The molecule has 0 aliphatic carbocycles. The zero-order valence-electron chi connectivity index (χ0n) is 9.64. The van der Waals surface area contributed by atoms with Crippen molar-refractivity contribution in [1.29, 1.82) is 5.26 Å². The van der Waals surface area contributed by atoms with Crippen LogP contribution in [-0.4, -0.2) is 21.1 Å². The lowest BCUT2D eigenvalue weighted by Gasteiger charge is -2.24. The first-order chi connectivity index (χ1) is 8.79. The summed E-state index contributed by atoms with van der Waals surface area (Å²) in [5.41, 5.74) is 1.64. The van der Waals surface area contributed by atoms with Crippen molar-refractivity contribution in [1.82, 2.24) is 14.5 Å². The molecule has 18 heavy (non-hydrogen) atoms. The second-order valence-electron chi connectivity index (χ2n) is 4.25. The molecule has 1 fully saturated rings. The Balaban J connectivity index is 2.13. The minimum Gasteiger partial charge on any atom is -0.358 e. The molecule has 5 nitrogen and oxygen atoms in total. The first-order valence-electron chi connectivity index (χ1n) is 5.84. The Bertz CT molecular complexity index is 625. The minimum absolute atomic E-state index is 0.0197. The Kier molecular flexibility index (Phi) is 2.90. The molecule has 6 heteroatoms. The van der Waals surface area contributed by atoms with Gasteiger partial charge in [-0.2, -0.15) is 5.26 Å². The molecule has 0 radical (unpaired) electrons. The molecule has 0 amide bonds. The second-order valence-corrected chi connectivity index (χ2v) is 4.63. The van der Waals surface area contributed by atoms with E-state index < -0.39 is 0 Å². The van der Waals surface area contributed by atoms with Crippen LogP contribution < -0.4 is 0 Å². The topological polar surface area (TPSA) is 63.7 Å². The highest BCUT2D eigenvalue weighted by atomic mass is 35.5. The number of halogens is 1. The van der Waals surface area contributed by atoms with Gasteiger partial charge < -0.3 is 9.30 Å². The third-order valence-electron chi connectivity index (χ3n) is 3.10. The van der Waals surface area contributed by atoms with Gasteiger partial charge in [-0.1, -0.05) is 11.6 Å². The standard InChI is InChI=1S/C12H11ClN4O/c13-10-5-9-12(8(6-14)16-10)15-7-17(9)11-3-1-2-4-18-11/h5,7,11H,1-4H2/t11-/m0/s1. The van der Waals surface area contributed by atoms with Crippen LogP contribution in [0, 0.1) is 11.3 Å². The monoisotopic (exact) mass is 262 g/mol. The lowest BCUT2D eigenvalue weighted by molar-refractivity contribution is -0.0295. The highest BCUT2D eigenvalue weighted by molar-refractivity contribution is 6.30. The molecule has 1 saturated heterocycles. The van der Waals surface area contributed by atoms with Crippen LogP contribution in [0.5, 0.6) is 0 Å². The van der Waals surface area contributed by atoms with Gasteiger partial charge in [0.1, 0.15) is 23.0 Å². The Morgan fingerprint density at radius 1 is 1.50 bits per heavy atom. The van der Waals surface area contributed by atoms with Gasteiger partial charge in [-0.25, -0.2) is 9.97 Å². The minimum atomic E-state index is -0.0197. The predicted octanol–water partition coefficient (Wildman–Crippen LogP) is 2.66. The van der Waals surface area contributed by atoms with E-state index in [2.05, 4.69) is 9.97 Å². The summed E-state index contributed by atoms with van der Waals surface area (Å²) in [6.45, 7) is 0.758. The van der Waals surface area contributed by atoms with Gasteiger partial charge in [0, 0.05) is 12.7 Å². The molecule has 0 unspecified atom stereocenters. The number of hydrogen-bond acceptors (Lipinski definition) is 4. The number of aromatic nitrogens is 3. The fraction of sp³-hybridized carbons (Fsp3) is 0.417. The van der Waals surface area contributed by atoms with Gasteiger partial charge in [0.15, 0.2) is 5.69 Å². The average molecular weight is 263 g/mol. The summed E-state index contributed by atoms with van der Waals surface area (Å²) >= 11 is 5.93. The van der Waals surface area contributed by atoms with Crippen LogP contribution in [0.25, 0.3) is 11.0 Å². The van der Waals surface area contributed by atoms with E-state index in [9.17, 15) is 0 Å². The quantitative estimate of drug-likeness (QED) is 0.741. The SMILES string of the molecule is N#Cc1nc(Cl)cc2c1ncn2[C@@H]1CCCCO1. The summed E-state index contributed by atoms with van der Waals surface area (Å²) in [5, 5.41) is 9.33. The molecule has 0 N–H and O–H groups in total. The van der Waals surface area contributed by atoms with Crippen LogP contribution >= 0.6 is 11.6 Å². The van der Waals surface area contributed by atoms with Crippen LogP contribution in [0.15, 0.2) is 12.4 Å². The number of rotatable bonds is 1. The Hall–Kier alpha value is -1.64. The summed E-state index contributed by atoms with van der Waals surface area (Å²) in [5.74, 6) is 0. The van der Waals surface area contributed by atoms with Crippen LogP contribution in [0.3, 0.4) is 0 Å². The maximum atomic E-state index is 9.03. The number of pyridine rings is 1. The van der Waals surface area contributed by atoms with E-state index in [1.165, 1.54) is 0 Å². The van der Waals surface area contributed by atoms with Gasteiger partial charge in [0.05, 0.1) is 11.8 Å². The van der Waals surface area contributed by atoms with E-state index in [0.717, 1.165) is 31.4 Å². The van der Waals surface area contributed by atoms with Crippen molar-refractivity contribution >= 4 is 22.6 Å². The van der Waals surface area contributed by atoms with Crippen molar-refractivity contribution in [3.8, 4) is 6.07 Å². The lowest BCUT2D eigenvalue weighted by atomic mass is 10.2. The highest BCUT2D eigenvalue weighted by Crippen LogP contribution is 2.28. The zero-order chi connectivity index (χ0) is 12.5. The van der Waals surface area contributed by atoms with Gasteiger partial charge in [0.25, 0.3) is 0 Å². The molecule has 1 atom stereocenters. The highest BCUT2D eigenvalue weighted by Gasteiger charge is 2.19. The van der Waals surface area contributed by atoms with E-state index in [0.29, 0.717) is 10.7 Å². The van der Waals surface area contributed by atoms with Crippen molar-refractivity contribution in [2.24, 2.45) is 0 Å². The first kappa shape index (κ1) is 11.5. The Morgan fingerprint density at radius 3 is 3.11 bits per heavy atom. The molecular formula is C12H11ClN4O. The molecule has 1 aliphatic heterocycles. The number of nitrogens with zero attached hydrogens (tertiary/aromatic N) is 4. The normalized spacial score (nSPS) is 19.9. The summed E-state index contributed by atoms with van der Waals surface area (Å²) in [6, 6.07) is 3.74. The maximum Gasteiger partial charge on any atom is 0.170 e. The van der Waals surface area contributed by atoms with E-state index in [-0.39, 0.29) is 11.9 Å². The van der Waals surface area contributed by atoms with E-state index >= 15 is 0 Å². The largest absolute Gasteiger partial charge is 0.358 e. The molecule has 2 aromatic heterocycles. The molecule has 1 aliphatic rings. The number of ether oxygens (including phenoxy) is 1. The van der Waals surface area contributed by atoms with Crippen molar-refractivity contribution < 1.29 is 4.74 Å². The fourth-order valence-electron chi connectivity index (χ4n) is 2.25. The molecule has 3 heterocycles.